The summed E-state index contributed by atoms with van der Waals surface area (Å²) in [6, 6.07) is 29.5. The van der Waals surface area contributed by atoms with E-state index in [4.69, 9.17) is 0 Å². The van der Waals surface area contributed by atoms with Gasteiger partial charge >= 0.3 is 0 Å². The summed E-state index contributed by atoms with van der Waals surface area (Å²) in [5.41, 5.74) is 10.6. The molecule has 1 heteroatoms. The van der Waals surface area contributed by atoms with Crippen molar-refractivity contribution >= 4 is 78.4 Å². The predicted molar refractivity (Wildman–Crippen MR) is 247 cm³/mol. The molecule has 8 rings (SSSR count). The maximum Gasteiger partial charge on any atom is 0.0355 e. The van der Waals surface area contributed by atoms with Crippen LogP contribution in [0.25, 0.3) is 78.2 Å². The quantitative estimate of drug-likeness (QED) is 0.130. The highest BCUT2D eigenvalue weighted by molar-refractivity contribution is 7.20. The molecule has 0 nitrogen and oxygen atoms in total. The Morgan fingerprint density at radius 3 is 2.38 bits per heavy atom. The van der Waals surface area contributed by atoms with Crippen LogP contribution in [0.15, 0.2) is 178 Å². The summed E-state index contributed by atoms with van der Waals surface area (Å²) in [5, 5.41) is 8.85. The van der Waals surface area contributed by atoms with Crippen molar-refractivity contribution in [3.63, 3.8) is 0 Å². The molecule has 0 amide bonds. The van der Waals surface area contributed by atoms with E-state index in [-0.39, 0.29) is 5.92 Å². The predicted octanol–water partition coefficient (Wildman–Crippen LogP) is 14.1. The molecule has 6 aromatic rings. The monoisotopic (exact) mass is 724 g/mol. The van der Waals surface area contributed by atoms with E-state index in [0.717, 1.165) is 24.0 Å². The Morgan fingerprint density at radius 2 is 1.56 bits per heavy atom. The molecular formula is C54H44S. The number of fused-ring (bicyclic) bond motifs is 6. The summed E-state index contributed by atoms with van der Waals surface area (Å²) >= 11 is 1.82. The number of hydrogen-bond donors (Lipinski definition) is 0. The highest BCUT2D eigenvalue weighted by Gasteiger charge is 2.17. The molecule has 0 bridgehead atoms. The van der Waals surface area contributed by atoms with Gasteiger partial charge in [-0.3, -0.25) is 0 Å². The number of thiophene rings is 1. The fourth-order valence-corrected chi connectivity index (χ4v) is 9.08. The maximum absolute atomic E-state index is 4.60. The molecule has 0 saturated carbocycles. The Balaban J connectivity index is 1.23. The molecule has 2 aliphatic rings. The molecule has 1 atom stereocenters. The third-order valence-electron chi connectivity index (χ3n) is 10.7. The Bertz CT molecular complexity index is 2890. The minimum atomic E-state index is 0.258. The third kappa shape index (κ3) is 6.96. The van der Waals surface area contributed by atoms with Crippen molar-refractivity contribution in [3.05, 3.63) is 215 Å². The van der Waals surface area contributed by atoms with Crippen LogP contribution < -0.4 is 10.4 Å². The van der Waals surface area contributed by atoms with E-state index in [0.29, 0.717) is 0 Å². The second-order valence-corrected chi connectivity index (χ2v) is 15.3. The minimum Gasteiger partial charge on any atom is -0.136 e. The number of hydrogen-bond acceptors (Lipinski definition) is 1. The molecule has 0 radical (unpaired) electrons. The number of allylic oxidation sites excluding steroid dienone is 14. The van der Waals surface area contributed by atoms with E-state index >= 15 is 0 Å². The summed E-state index contributed by atoms with van der Waals surface area (Å²) in [5.74, 6) is 0.258. The second kappa shape index (κ2) is 15.6. The Hall–Kier alpha value is -6.28. The zero-order valence-corrected chi connectivity index (χ0v) is 32.2. The first kappa shape index (κ1) is 35.7. The minimum absolute atomic E-state index is 0.258. The van der Waals surface area contributed by atoms with E-state index in [1.165, 1.54) is 85.9 Å². The largest absolute Gasteiger partial charge is 0.136 e. The Labute approximate surface area is 328 Å². The van der Waals surface area contributed by atoms with E-state index in [9.17, 15) is 0 Å². The van der Waals surface area contributed by atoms with Crippen LogP contribution in [-0.4, -0.2) is 0 Å². The standard InChI is InChI=1S/C54H44S/c1-6-9-18-38(8-3)31-37(5)53-45-23-11-13-25-47(45)54(48-26-14-12-24-46(48)53)43-21-16-20-40(32-43)39-19-15-17-36(4)49-35-50-42(33-41(49)28-27-39)29-30-52-51(50)34-44(55-52)22-10-7-2/h6-11,13,15-36H,1-3,5,12,14H2,4H3/b17-15+,18-9-,22-10-,28-27?,38-31+,39-19?. The summed E-state index contributed by atoms with van der Waals surface area (Å²) in [7, 11) is 0. The SMILES string of the molecule is C=C/C=C\C(C=C)=C\C(=C)c1c2c(c(-c3cccc(C4=C/C=C/C(C)c5cc6c(ccc7sc(/C=C\C=C)cc76)cc5C=C4)c3)c3ccccc13)=CCCC=2. The lowest BCUT2D eigenvalue weighted by Gasteiger charge is -2.18. The van der Waals surface area contributed by atoms with Crippen molar-refractivity contribution in [2.24, 2.45) is 0 Å². The van der Waals surface area contributed by atoms with Gasteiger partial charge in [-0.1, -0.05) is 161 Å². The molecule has 2 aliphatic carbocycles. The molecule has 0 spiro atoms. The fraction of sp³-hybridized carbons (Fsp3) is 0.0741. The first-order valence-electron chi connectivity index (χ1n) is 19.0. The smallest absolute Gasteiger partial charge is 0.0355 e. The van der Waals surface area contributed by atoms with Crippen LogP contribution in [0.4, 0.5) is 0 Å². The molecule has 1 heterocycles. The lowest BCUT2D eigenvalue weighted by atomic mass is 9.85. The lowest BCUT2D eigenvalue weighted by molar-refractivity contribution is 0.967. The first-order chi connectivity index (χ1) is 27.0. The van der Waals surface area contributed by atoms with Crippen molar-refractivity contribution in [1.29, 1.82) is 0 Å². The van der Waals surface area contributed by atoms with Gasteiger partial charge in [-0.05, 0) is 143 Å². The summed E-state index contributed by atoms with van der Waals surface area (Å²) in [6.45, 7) is 18.6. The number of rotatable bonds is 9. The number of benzene rings is 5. The highest BCUT2D eigenvalue weighted by Crippen LogP contribution is 2.38. The summed E-state index contributed by atoms with van der Waals surface area (Å²) < 4.78 is 1.31. The fourth-order valence-electron chi connectivity index (χ4n) is 8.08. The van der Waals surface area contributed by atoms with Crippen molar-refractivity contribution < 1.29 is 0 Å². The van der Waals surface area contributed by atoms with Crippen LogP contribution >= 0.6 is 11.3 Å². The van der Waals surface area contributed by atoms with Crippen LogP contribution in [-0.2, 0) is 0 Å². The van der Waals surface area contributed by atoms with Gasteiger partial charge in [-0.15, -0.1) is 11.3 Å². The van der Waals surface area contributed by atoms with E-state index in [1.807, 2.05) is 41.7 Å². The highest BCUT2D eigenvalue weighted by atomic mass is 32.1. The van der Waals surface area contributed by atoms with Crippen LogP contribution in [0, 0.1) is 0 Å². The molecule has 0 N–H and O–H groups in total. The molecule has 1 unspecified atom stereocenters. The van der Waals surface area contributed by atoms with E-state index in [2.05, 4.69) is 167 Å². The van der Waals surface area contributed by atoms with Gasteiger partial charge in [0.1, 0.15) is 0 Å². The van der Waals surface area contributed by atoms with Crippen LogP contribution in [0.1, 0.15) is 52.8 Å². The molecule has 1 aromatic heterocycles. The topological polar surface area (TPSA) is 0 Å². The second-order valence-electron chi connectivity index (χ2n) is 14.2. The van der Waals surface area contributed by atoms with Crippen LogP contribution in [0.3, 0.4) is 0 Å². The van der Waals surface area contributed by atoms with Crippen molar-refractivity contribution in [3.8, 4) is 11.1 Å². The van der Waals surface area contributed by atoms with Gasteiger partial charge in [0.25, 0.3) is 0 Å². The molecule has 266 valence electrons. The summed E-state index contributed by atoms with van der Waals surface area (Å²) in [6.07, 6.45) is 34.0. The average molecular weight is 725 g/mol. The lowest BCUT2D eigenvalue weighted by Crippen LogP contribution is -2.32. The van der Waals surface area contributed by atoms with Crippen molar-refractivity contribution in [2.45, 2.75) is 25.7 Å². The summed E-state index contributed by atoms with van der Waals surface area (Å²) in [4.78, 5) is 1.24. The van der Waals surface area contributed by atoms with Gasteiger partial charge in [0.05, 0.1) is 0 Å². The average Bonchev–Trinajstić information content (AvgIpc) is 3.67. The van der Waals surface area contributed by atoms with Gasteiger partial charge in [-0.2, -0.15) is 0 Å². The van der Waals surface area contributed by atoms with Crippen molar-refractivity contribution in [1.82, 2.24) is 0 Å². The Morgan fingerprint density at radius 1 is 0.764 bits per heavy atom. The molecule has 55 heavy (non-hydrogen) atoms. The zero-order valence-electron chi connectivity index (χ0n) is 31.4. The van der Waals surface area contributed by atoms with Gasteiger partial charge in [-0.25, -0.2) is 0 Å². The maximum atomic E-state index is 4.60. The third-order valence-corrected chi connectivity index (χ3v) is 11.8. The normalized spacial score (nSPS) is 16.1. The molecule has 5 aromatic carbocycles. The Kier molecular flexibility index (Phi) is 10.1. The van der Waals surface area contributed by atoms with E-state index < -0.39 is 0 Å². The van der Waals surface area contributed by atoms with Crippen molar-refractivity contribution in [2.75, 3.05) is 0 Å². The van der Waals surface area contributed by atoms with Crippen LogP contribution in [0.2, 0.25) is 0 Å². The van der Waals surface area contributed by atoms with Gasteiger partial charge < -0.3 is 0 Å². The van der Waals surface area contributed by atoms with E-state index in [1.54, 1.807) is 6.08 Å². The molecular weight excluding hydrogens is 681 g/mol. The van der Waals surface area contributed by atoms with Gasteiger partial charge in [0.15, 0.2) is 0 Å². The molecule has 0 aliphatic heterocycles. The zero-order chi connectivity index (χ0) is 37.9. The molecule has 0 fully saturated rings. The van der Waals surface area contributed by atoms with Gasteiger partial charge in [0.2, 0.25) is 0 Å². The first-order valence-corrected chi connectivity index (χ1v) is 19.8. The van der Waals surface area contributed by atoms with Gasteiger partial charge in [0, 0.05) is 15.0 Å². The molecule has 0 saturated heterocycles. The van der Waals surface area contributed by atoms with Crippen LogP contribution in [0.5, 0.6) is 0 Å².